The fourth-order valence-electron chi connectivity index (χ4n) is 3.15. The summed E-state index contributed by atoms with van der Waals surface area (Å²) in [4.78, 5) is 2.59. The predicted octanol–water partition coefficient (Wildman–Crippen LogP) is 1.07. The van der Waals surface area contributed by atoms with E-state index in [9.17, 15) is 0 Å². The lowest BCUT2D eigenvalue weighted by Crippen LogP contribution is -2.45. The van der Waals surface area contributed by atoms with Crippen LogP contribution in [0.5, 0.6) is 0 Å². The molecule has 4 heteroatoms. The van der Waals surface area contributed by atoms with Crippen molar-refractivity contribution in [3.05, 3.63) is 0 Å². The van der Waals surface area contributed by atoms with Crippen LogP contribution < -0.4 is 10.6 Å². The molecule has 2 saturated heterocycles. The first-order valence-electron chi connectivity index (χ1n) is 7.93. The second-order valence-electron chi connectivity index (χ2n) is 6.51. The van der Waals surface area contributed by atoms with Crippen molar-refractivity contribution < 1.29 is 4.74 Å². The summed E-state index contributed by atoms with van der Waals surface area (Å²) in [6, 6.07) is 1.81. The van der Waals surface area contributed by atoms with E-state index in [-0.39, 0.29) is 0 Å². The van der Waals surface area contributed by atoms with E-state index in [0.717, 1.165) is 32.2 Å². The van der Waals surface area contributed by atoms with Crippen molar-refractivity contribution in [1.82, 2.24) is 15.5 Å². The maximum absolute atomic E-state index is 5.50. The molecule has 2 aliphatic heterocycles. The number of nitrogens with one attached hydrogen (secondary N) is 2. The lowest BCUT2D eigenvalue weighted by atomic mass is 10.1. The maximum atomic E-state index is 5.50. The molecular formula is C15H31N3O. The first-order chi connectivity index (χ1) is 9.15. The lowest BCUT2D eigenvalue weighted by molar-refractivity contribution is 0.0711. The van der Waals surface area contributed by atoms with Gasteiger partial charge >= 0.3 is 0 Å². The van der Waals surface area contributed by atoms with Crippen LogP contribution in [0.15, 0.2) is 0 Å². The normalized spacial score (nSPS) is 30.9. The van der Waals surface area contributed by atoms with Crippen LogP contribution in [0, 0.1) is 5.92 Å². The van der Waals surface area contributed by atoms with Crippen molar-refractivity contribution in [3.63, 3.8) is 0 Å². The summed E-state index contributed by atoms with van der Waals surface area (Å²) in [5, 5.41) is 7.24. The smallest absolute Gasteiger partial charge is 0.0620 e. The van der Waals surface area contributed by atoms with Crippen LogP contribution in [0.2, 0.25) is 0 Å². The highest BCUT2D eigenvalue weighted by molar-refractivity contribution is 4.81. The Morgan fingerprint density at radius 2 is 2.21 bits per heavy atom. The number of hydrogen-bond donors (Lipinski definition) is 2. The molecule has 3 atom stereocenters. The first-order valence-corrected chi connectivity index (χ1v) is 7.93. The van der Waals surface area contributed by atoms with E-state index in [4.69, 9.17) is 4.74 Å². The zero-order valence-corrected chi connectivity index (χ0v) is 12.8. The van der Waals surface area contributed by atoms with Gasteiger partial charge in [0.2, 0.25) is 0 Å². The van der Waals surface area contributed by atoms with Crippen molar-refractivity contribution >= 4 is 0 Å². The first kappa shape index (κ1) is 15.2. The van der Waals surface area contributed by atoms with E-state index in [1.165, 1.54) is 25.9 Å². The van der Waals surface area contributed by atoms with Crippen LogP contribution in [0.4, 0.5) is 0 Å². The van der Waals surface area contributed by atoms with Gasteiger partial charge in [-0.05, 0) is 52.6 Å². The molecule has 0 spiro atoms. The highest BCUT2D eigenvalue weighted by Gasteiger charge is 2.24. The summed E-state index contributed by atoms with van der Waals surface area (Å²) in [6.07, 6.45) is 2.52. The molecule has 2 rings (SSSR count). The van der Waals surface area contributed by atoms with Crippen molar-refractivity contribution in [2.45, 2.75) is 51.7 Å². The fraction of sp³-hybridized carbons (Fsp3) is 1.00. The molecule has 2 N–H and O–H groups in total. The summed E-state index contributed by atoms with van der Waals surface area (Å²) in [5.74, 6) is 0.834. The minimum atomic E-state index is 0.534. The molecule has 112 valence electrons. The maximum Gasteiger partial charge on any atom is 0.0620 e. The van der Waals surface area contributed by atoms with Gasteiger partial charge in [-0.3, -0.25) is 0 Å². The molecule has 0 saturated carbocycles. The minimum absolute atomic E-state index is 0.534. The van der Waals surface area contributed by atoms with Crippen LogP contribution in [-0.4, -0.2) is 62.4 Å². The molecule has 3 unspecified atom stereocenters. The Labute approximate surface area is 118 Å². The SMILES string of the molecule is CC(CC1COCCN1)NCC1CCN(C(C)C)C1. The molecule has 4 nitrogen and oxygen atoms in total. The summed E-state index contributed by atoms with van der Waals surface area (Å²) in [6.45, 7) is 13.3. The van der Waals surface area contributed by atoms with Gasteiger partial charge in [0, 0.05) is 31.2 Å². The third-order valence-corrected chi connectivity index (χ3v) is 4.44. The van der Waals surface area contributed by atoms with Crippen LogP contribution in [0.25, 0.3) is 0 Å². The predicted molar refractivity (Wildman–Crippen MR) is 79.5 cm³/mol. The number of morpholine rings is 1. The Bertz CT molecular complexity index is 254. The van der Waals surface area contributed by atoms with E-state index in [1.54, 1.807) is 0 Å². The number of ether oxygens (including phenoxy) is 1. The monoisotopic (exact) mass is 269 g/mol. The van der Waals surface area contributed by atoms with Gasteiger partial charge < -0.3 is 20.3 Å². The lowest BCUT2D eigenvalue weighted by Gasteiger charge is -2.27. The molecular weight excluding hydrogens is 238 g/mol. The molecule has 0 amide bonds. The third kappa shape index (κ3) is 5.03. The second-order valence-corrected chi connectivity index (χ2v) is 6.51. The van der Waals surface area contributed by atoms with Gasteiger partial charge in [0.1, 0.15) is 0 Å². The van der Waals surface area contributed by atoms with E-state index in [2.05, 4.69) is 36.3 Å². The average molecular weight is 269 g/mol. The van der Waals surface area contributed by atoms with Crippen LogP contribution in [0.1, 0.15) is 33.6 Å². The quantitative estimate of drug-likeness (QED) is 0.756. The van der Waals surface area contributed by atoms with E-state index < -0.39 is 0 Å². The van der Waals surface area contributed by atoms with Gasteiger partial charge in [0.15, 0.2) is 0 Å². The molecule has 2 aliphatic rings. The zero-order chi connectivity index (χ0) is 13.7. The standard InChI is InChI=1S/C15H31N3O/c1-12(2)18-6-4-14(10-18)9-17-13(3)8-15-11-19-7-5-16-15/h12-17H,4-11H2,1-3H3. The van der Waals surface area contributed by atoms with Gasteiger partial charge in [-0.1, -0.05) is 0 Å². The molecule has 2 fully saturated rings. The summed E-state index contributed by atoms with van der Waals surface area (Å²) >= 11 is 0. The van der Waals surface area contributed by atoms with Crippen LogP contribution in [-0.2, 0) is 4.74 Å². The number of nitrogens with zero attached hydrogens (tertiary/aromatic N) is 1. The fourth-order valence-corrected chi connectivity index (χ4v) is 3.15. The number of likely N-dealkylation sites (tertiary alicyclic amines) is 1. The Morgan fingerprint density at radius 1 is 1.37 bits per heavy atom. The Balaban J connectivity index is 1.59. The van der Waals surface area contributed by atoms with Crippen molar-refractivity contribution in [1.29, 1.82) is 0 Å². The molecule has 0 aliphatic carbocycles. The Hall–Kier alpha value is -0.160. The summed E-state index contributed by atoms with van der Waals surface area (Å²) < 4.78 is 5.50. The molecule has 0 aromatic rings. The van der Waals surface area contributed by atoms with Crippen LogP contribution in [0.3, 0.4) is 0 Å². The van der Waals surface area contributed by atoms with Gasteiger partial charge in [-0.25, -0.2) is 0 Å². The van der Waals surface area contributed by atoms with Gasteiger partial charge in [-0.15, -0.1) is 0 Å². The molecule has 2 heterocycles. The topological polar surface area (TPSA) is 36.5 Å². The summed E-state index contributed by atoms with van der Waals surface area (Å²) in [7, 11) is 0. The van der Waals surface area contributed by atoms with Crippen molar-refractivity contribution in [3.8, 4) is 0 Å². The molecule has 0 radical (unpaired) electrons. The van der Waals surface area contributed by atoms with Gasteiger partial charge in [-0.2, -0.15) is 0 Å². The molecule has 19 heavy (non-hydrogen) atoms. The van der Waals surface area contributed by atoms with Gasteiger partial charge in [0.25, 0.3) is 0 Å². The minimum Gasteiger partial charge on any atom is -0.379 e. The largest absolute Gasteiger partial charge is 0.379 e. The van der Waals surface area contributed by atoms with E-state index in [1.807, 2.05) is 0 Å². The molecule has 0 aromatic carbocycles. The van der Waals surface area contributed by atoms with E-state index in [0.29, 0.717) is 18.1 Å². The van der Waals surface area contributed by atoms with Crippen LogP contribution >= 0.6 is 0 Å². The summed E-state index contributed by atoms with van der Waals surface area (Å²) in [5.41, 5.74) is 0. The highest BCUT2D eigenvalue weighted by atomic mass is 16.5. The Kier molecular flexibility index (Phi) is 6.07. The third-order valence-electron chi connectivity index (χ3n) is 4.44. The number of hydrogen-bond acceptors (Lipinski definition) is 4. The zero-order valence-electron chi connectivity index (χ0n) is 12.8. The van der Waals surface area contributed by atoms with Gasteiger partial charge in [0.05, 0.1) is 13.2 Å². The number of rotatable bonds is 6. The second kappa shape index (κ2) is 7.58. The van der Waals surface area contributed by atoms with Crippen molar-refractivity contribution in [2.24, 2.45) is 5.92 Å². The average Bonchev–Trinajstić information content (AvgIpc) is 2.86. The molecule has 0 bridgehead atoms. The Morgan fingerprint density at radius 3 is 2.84 bits per heavy atom. The highest BCUT2D eigenvalue weighted by Crippen LogP contribution is 2.18. The molecule has 0 aromatic heterocycles. The van der Waals surface area contributed by atoms with E-state index >= 15 is 0 Å². The van der Waals surface area contributed by atoms with Crippen molar-refractivity contribution in [2.75, 3.05) is 39.4 Å².